The van der Waals surface area contributed by atoms with Crippen LogP contribution in [0.1, 0.15) is 45.6 Å². The van der Waals surface area contributed by atoms with Gasteiger partial charge in [-0.15, -0.1) is 0 Å². The van der Waals surface area contributed by atoms with E-state index in [9.17, 15) is 14.4 Å². The van der Waals surface area contributed by atoms with Gasteiger partial charge in [-0.2, -0.15) is 0 Å². The number of hydrogen-bond donors (Lipinski definition) is 0. The number of allylic oxidation sites excluding steroid dienone is 1. The minimum atomic E-state index is -1.46. The van der Waals surface area contributed by atoms with Crippen molar-refractivity contribution in [1.82, 2.24) is 0 Å². The lowest BCUT2D eigenvalue weighted by molar-refractivity contribution is -0.168. The summed E-state index contributed by atoms with van der Waals surface area (Å²) >= 11 is 0. The zero-order valence-corrected chi connectivity index (χ0v) is 14.0. The summed E-state index contributed by atoms with van der Waals surface area (Å²) in [4.78, 5) is 37.3. The third-order valence-electron chi connectivity index (χ3n) is 4.01. The smallest absolute Gasteiger partial charge is 0.324 e. The predicted octanol–water partition coefficient (Wildman–Crippen LogP) is 3.22. The molecule has 4 heteroatoms. The maximum absolute atomic E-state index is 12.9. The van der Waals surface area contributed by atoms with Crippen LogP contribution in [-0.2, 0) is 19.1 Å². The molecule has 1 aliphatic rings. The first-order valence-electron chi connectivity index (χ1n) is 7.68. The standard InChI is InChI=1S/C19H22O4/c1-13(20)19(17(22)23-18(2,3)4)11-10-15(21)12-16(19)14-8-6-5-7-9-14/h5-11,16H,12H2,1-4H3/t16-,19+/m0/s1. The molecule has 0 bridgehead atoms. The van der Waals surface area contributed by atoms with Crippen LogP contribution in [0.25, 0.3) is 0 Å². The summed E-state index contributed by atoms with van der Waals surface area (Å²) in [5.74, 6) is -1.56. The van der Waals surface area contributed by atoms with Crippen LogP contribution in [0, 0.1) is 5.41 Å². The van der Waals surface area contributed by atoms with Gasteiger partial charge in [0.2, 0.25) is 0 Å². The molecule has 0 N–H and O–H groups in total. The zero-order chi connectivity index (χ0) is 17.3. The lowest BCUT2D eigenvalue weighted by Crippen LogP contribution is -2.47. The summed E-state index contributed by atoms with van der Waals surface area (Å²) in [6.45, 7) is 6.65. The van der Waals surface area contributed by atoms with Gasteiger partial charge in [0.15, 0.2) is 17.0 Å². The monoisotopic (exact) mass is 314 g/mol. The van der Waals surface area contributed by atoms with Crippen LogP contribution in [-0.4, -0.2) is 23.1 Å². The molecule has 2 rings (SSSR count). The van der Waals surface area contributed by atoms with Crippen molar-refractivity contribution in [2.24, 2.45) is 5.41 Å². The number of esters is 1. The summed E-state index contributed by atoms with van der Waals surface area (Å²) in [7, 11) is 0. The van der Waals surface area contributed by atoms with Crippen molar-refractivity contribution >= 4 is 17.5 Å². The maximum Gasteiger partial charge on any atom is 0.324 e. The van der Waals surface area contributed by atoms with E-state index in [0.29, 0.717) is 0 Å². The summed E-state index contributed by atoms with van der Waals surface area (Å²) in [6.07, 6.45) is 2.86. The number of carbonyl (C=O) groups excluding carboxylic acids is 3. The molecular weight excluding hydrogens is 292 g/mol. The highest BCUT2D eigenvalue weighted by molar-refractivity contribution is 6.09. The Hall–Kier alpha value is -2.23. The largest absolute Gasteiger partial charge is 0.459 e. The van der Waals surface area contributed by atoms with Crippen molar-refractivity contribution in [3.05, 3.63) is 48.0 Å². The van der Waals surface area contributed by atoms with Crippen LogP contribution in [0.4, 0.5) is 0 Å². The SMILES string of the molecule is CC(=O)[C@]1(C(=O)OC(C)(C)C)C=CC(=O)C[C@H]1c1ccccc1. The minimum absolute atomic E-state index is 0.0979. The number of ketones is 2. The molecule has 1 aliphatic carbocycles. The average Bonchev–Trinajstić information content (AvgIpc) is 2.46. The van der Waals surface area contributed by atoms with Crippen LogP contribution in [0.2, 0.25) is 0 Å². The van der Waals surface area contributed by atoms with Crippen LogP contribution >= 0.6 is 0 Å². The Bertz CT molecular complexity index is 652. The molecule has 0 saturated carbocycles. The van der Waals surface area contributed by atoms with Crippen molar-refractivity contribution in [2.75, 3.05) is 0 Å². The van der Waals surface area contributed by atoms with Crippen LogP contribution in [0.3, 0.4) is 0 Å². The van der Waals surface area contributed by atoms with Crippen molar-refractivity contribution in [3.63, 3.8) is 0 Å². The normalized spacial score (nSPS) is 24.3. The first-order chi connectivity index (χ1) is 10.7. The van der Waals surface area contributed by atoms with Gasteiger partial charge in [0.05, 0.1) is 0 Å². The average molecular weight is 314 g/mol. The second-order valence-corrected chi connectivity index (χ2v) is 6.89. The van der Waals surface area contributed by atoms with Gasteiger partial charge in [-0.3, -0.25) is 14.4 Å². The van der Waals surface area contributed by atoms with E-state index in [1.54, 1.807) is 20.8 Å². The summed E-state index contributed by atoms with van der Waals surface area (Å²) in [6, 6.07) is 9.18. The molecule has 122 valence electrons. The molecule has 1 aromatic carbocycles. The highest BCUT2D eigenvalue weighted by Gasteiger charge is 2.53. The fourth-order valence-electron chi connectivity index (χ4n) is 2.92. The number of ether oxygens (including phenoxy) is 1. The second-order valence-electron chi connectivity index (χ2n) is 6.89. The molecular formula is C19H22O4. The Morgan fingerprint density at radius 2 is 1.78 bits per heavy atom. The van der Waals surface area contributed by atoms with Crippen LogP contribution in [0.15, 0.2) is 42.5 Å². The third kappa shape index (κ3) is 3.41. The van der Waals surface area contributed by atoms with Gasteiger partial charge in [0, 0.05) is 12.3 Å². The molecule has 2 atom stereocenters. The van der Waals surface area contributed by atoms with Crippen molar-refractivity contribution in [3.8, 4) is 0 Å². The Morgan fingerprint density at radius 3 is 2.30 bits per heavy atom. The minimum Gasteiger partial charge on any atom is -0.459 e. The van der Waals surface area contributed by atoms with Gasteiger partial charge in [-0.25, -0.2) is 0 Å². The van der Waals surface area contributed by atoms with Crippen molar-refractivity contribution in [2.45, 2.75) is 45.6 Å². The third-order valence-corrected chi connectivity index (χ3v) is 4.01. The number of carbonyl (C=O) groups is 3. The number of rotatable bonds is 3. The van der Waals surface area contributed by atoms with Gasteiger partial charge in [0.1, 0.15) is 5.60 Å². The Kier molecular flexibility index (Phi) is 4.55. The van der Waals surface area contributed by atoms with Crippen molar-refractivity contribution in [1.29, 1.82) is 0 Å². The molecule has 0 radical (unpaired) electrons. The molecule has 23 heavy (non-hydrogen) atoms. The van der Waals surface area contributed by atoms with E-state index in [-0.39, 0.29) is 18.0 Å². The quantitative estimate of drug-likeness (QED) is 0.635. The molecule has 0 amide bonds. The van der Waals surface area contributed by atoms with Crippen LogP contribution < -0.4 is 0 Å². The molecule has 0 saturated heterocycles. The summed E-state index contributed by atoms with van der Waals surface area (Å²) < 4.78 is 5.51. The van der Waals surface area contributed by atoms with Crippen LogP contribution in [0.5, 0.6) is 0 Å². The molecule has 4 nitrogen and oxygen atoms in total. The maximum atomic E-state index is 12.9. The lowest BCUT2D eigenvalue weighted by atomic mass is 9.64. The number of hydrogen-bond acceptors (Lipinski definition) is 4. The van der Waals surface area contributed by atoms with Gasteiger partial charge >= 0.3 is 5.97 Å². The summed E-state index contributed by atoms with van der Waals surface area (Å²) in [5.41, 5.74) is -1.38. The van der Waals surface area contributed by atoms with E-state index in [4.69, 9.17) is 4.74 Å². The van der Waals surface area contributed by atoms with Crippen molar-refractivity contribution < 1.29 is 19.1 Å². The van der Waals surface area contributed by atoms with E-state index in [1.165, 1.54) is 19.1 Å². The van der Waals surface area contributed by atoms with Gasteiger partial charge < -0.3 is 4.74 Å². The fraction of sp³-hybridized carbons (Fsp3) is 0.421. The van der Waals surface area contributed by atoms with Gasteiger partial charge in [0.25, 0.3) is 0 Å². The van der Waals surface area contributed by atoms with E-state index in [0.717, 1.165) is 5.56 Å². The highest BCUT2D eigenvalue weighted by Crippen LogP contribution is 2.45. The van der Waals surface area contributed by atoms with Gasteiger partial charge in [-0.05, 0) is 39.3 Å². The predicted molar refractivity (Wildman–Crippen MR) is 86.9 cm³/mol. The second kappa shape index (κ2) is 6.11. The fourth-order valence-corrected chi connectivity index (χ4v) is 2.92. The Labute approximate surface area is 136 Å². The first-order valence-corrected chi connectivity index (χ1v) is 7.68. The number of Topliss-reactive ketones (excluding diaryl/α,β-unsaturated/α-hetero) is 1. The molecule has 0 unspecified atom stereocenters. The topological polar surface area (TPSA) is 60.4 Å². The highest BCUT2D eigenvalue weighted by atomic mass is 16.6. The summed E-state index contributed by atoms with van der Waals surface area (Å²) in [5, 5.41) is 0. The number of benzene rings is 1. The zero-order valence-electron chi connectivity index (χ0n) is 14.0. The molecule has 0 heterocycles. The lowest BCUT2D eigenvalue weighted by Gasteiger charge is -2.38. The molecule has 1 aromatic rings. The Morgan fingerprint density at radius 1 is 1.17 bits per heavy atom. The molecule has 0 fully saturated rings. The van der Waals surface area contributed by atoms with E-state index >= 15 is 0 Å². The molecule has 0 aliphatic heterocycles. The van der Waals surface area contributed by atoms with E-state index in [1.807, 2.05) is 30.3 Å². The van der Waals surface area contributed by atoms with Gasteiger partial charge in [-0.1, -0.05) is 36.4 Å². The first kappa shape index (κ1) is 17.1. The van der Waals surface area contributed by atoms with E-state index in [2.05, 4.69) is 0 Å². The van der Waals surface area contributed by atoms with E-state index < -0.39 is 22.9 Å². The molecule has 0 spiro atoms. The Balaban J connectivity index is 2.57. The molecule has 0 aromatic heterocycles.